The second kappa shape index (κ2) is 4.76. The molecule has 1 aliphatic heterocycles. The van der Waals surface area contributed by atoms with Crippen LogP contribution in [0.4, 0.5) is 0 Å². The molecule has 3 nitrogen and oxygen atoms in total. The van der Waals surface area contributed by atoms with Gasteiger partial charge >= 0.3 is 0 Å². The summed E-state index contributed by atoms with van der Waals surface area (Å²) in [5.74, 6) is 0.498. The standard InChI is InChI=1S/C13H17NO2/c1-9(2)11-8-16-13(14-11)12(15)10-6-4-3-5-7-10/h3-7,9,11,13-14H,8H2,1-2H3/t11-,13?/m1/s1. The Balaban J connectivity index is 2.03. The summed E-state index contributed by atoms with van der Waals surface area (Å²) in [5, 5.41) is 3.22. The number of rotatable bonds is 3. The van der Waals surface area contributed by atoms with Gasteiger partial charge in [-0.05, 0) is 5.92 Å². The van der Waals surface area contributed by atoms with Crippen LogP contribution in [0.1, 0.15) is 24.2 Å². The molecule has 0 saturated carbocycles. The number of ether oxygens (including phenoxy) is 1. The predicted molar refractivity (Wildman–Crippen MR) is 62.3 cm³/mol. The van der Waals surface area contributed by atoms with E-state index < -0.39 is 6.23 Å². The molecule has 86 valence electrons. The fourth-order valence-corrected chi connectivity index (χ4v) is 1.78. The lowest BCUT2D eigenvalue weighted by Crippen LogP contribution is -2.38. The lowest BCUT2D eigenvalue weighted by Gasteiger charge is -2.14. The molecular formula is C13H17NO2. The summed E-state index contributed by atoms with van der Waals surface area (Å²) < 4.78 is 5.48. The molecule has 1 fully saturated rings. The Labute approximate surface area is 95.8 Å². The first kappa shape index (κ1) is 11.3. The fraction of sp³-hybridized carbons (Fsp3) is 0.462. The lowest BCUT2D eigenvalue weighted by molar-refractivity contribution is 0.0602. The average molecular weight is 219 g/mol. The van der Waals surface area contributed by atoms with Crippen molar-refractivity contribution in [3.63, 3.8) is 0 Å². The zero-order chi connectivity index (χ0) is 11.5. The monoisotopic (exact) mass is 219 g/mol. The lowest BCUT2D eigenvalue weighted by atomic mass is 10.1. The van der Waals surface area contributed by atoms with Crippen molar-refractivity contribution < 1.29 is 9.53 Å². The van der Waals surface area contributed by atoms with Crippen molar-refractivity contribution in [3.05, 3.63) is 35.9 Å². The first-order valence-corrected chi connectivity index (χ1v) is 5.65. The van der Waals surface area contributed by atoms with Gasteiger partial charge in [-0.3, -0.25) is 10.1 Å². The summed E-state index contributed by atoms with van der Waals surface area (Å²) >= 11 is 0. The van der Waals surface area contributed by atoms with Gasteiger partial charge in [0.25, 0.3) is 0 Å². The molecule has 0 bridgehead atoms. The minimum Gasteiger partial charge on any atom is -0.354 e. The summed E-state index contributed by atoms with van der Waals surface area (Å²) in [4.78, 5) is 12.0. The molecule has 1 aromatic rings. The van der Waals surface area contributed by atoms with Crippen LogP contribution in [-0.2, 0) is 4.74 Å². The summed E-state index contributed by atoms with van der Waals surface area (Å²) in [5.41, 5.74) is 0.699. The van der Waals surface area contributed by atoms with Gasteiger partial charge in [-0.25, -0.2) is 0 Å². The number of Topliss-reactive ketones (excluding diaryl/α,β-unsaturated/α-hetero) is 1. The van der Waals surface area contributed by atoms with Crippen molar-refractivity contribution in [2.24, 2.45) is 5.92 Å². The number of nitrogens with one attached hydrogen (secondary N) is 1. The average Bonchev–Trinajstić information content (AvgIpc) is 2.78. The van der Waals surface area contributed by atoms with E-state index in [0.717, 1.165) is 0 Å². The van der Waals surface area contributed by atoms with Crippen molar-refractivity contribution in [1.29, 1.82) is 0 Å². The van der Waals surface area contributed by atoms with Gasteiger partial charge in [0.1, 0.15) is 0 Å². The molecule has 16 heavy (non-hydrogen) atoms. The molecule has 0 amide bonds. The zero-order valence-corrected chi connectivity index (χ0v) is 9.64. The minimum atomic E-state index is -0.477. The maximum atomic E-state index is 12.0. The number of benzene rings is 1. The third kappa shape index (κ3) is 2.31. The fourth-order valence-electron chi connectivity index (χ4n) is 1.78. The Morgan fingerprint density at radius 2 is 2.06 bits per heavy atom. The van der Waals surface area contributed by atoms with Crippen LogP contribution >= 0.6 is 0 Å². The topological polar surface area (TPSA) is 38.3 Å². The Morgan fingerprint density at radius 1 is 1.38 bits per heavy atom. The van der Waals surface area contributed by atoms with E-state index in [9.17, 15) is 4.79 Å². The highest BCUT2D eigenvalue weighted by Gasteiger charge is 2.31. The third-order valence-corrected chi connectivity index (χ3v) is 2.91. The molecule has 3 heteroatoms. The highest BCUT2D eigenvalue weighted by Crippen LogP contribution is 2.14. The van der Waals surface area contributed by atoms with E-state index in [-0.39, 0.29) is 11.8 Å². The Kier molecular flexibility index (Phi) is 3.36. The highest BCUT2D eigenvalue weighted by atomic mass is 16.5. The molecule has 2 atom stereocenters. The smallest absolute Gasteiger partial charge is 0.206 e. The molecule has 1 heterocycles. The van der Waals surface area contributed by atoms with E-state index in [4.69, 9.17) is 4.74 Å². The van der Waals surface area contributed by atoms with Gasteiger partial charge < -0.3 is 4.74 Å². The minimum absolute atomic E-state index is 0.0174. The van der Waals surface area contributed by atoms with Gasteiger partial charge in [0.15, 0.2) is 6.23 Å². The van der Waals surface area contributed by atoms with E-state index in [1.54, 1.807) is 0 Å². The molecule has 1 aromatic carbocycles. The van der Waals surface area contributed by atoms with Crippen LogP contribution in [0.3, 0.4) is 0 Å². The van der Waals surface area contributed by atoms with Crippen LogP contribution in [0.5, 0.6) is 0 Å². The van der Waals surface area contributed by atoms with Crippen molar-refractivity contribution in [1.82, 2.24) is 5.32 Å². The van der Waals surface area contributed by atoms with E-state index in [2.05, 4.69) is 19.2 Å². The van der Waals surface area contributed by atoms with Crippen LogP contribution in [0, 0.1) is 5.92 Å². The molecular weight excluding hydrogens is 202 g/mol. The van der Waals surface area contributed by atoms with Crippen molar-refractivity contribution >= 4 is 5.78 Å². The number of hydrogen-bond donors (Lipinski definition) is 1. The zero-order valence-electron chi connectivity index (χ0n) is 9.64. The molecule has 0 spiro atoms. The van der Waals surface area contributed by atoms with Crippen LogP contribution < -0.4 is 5.32 Å². The molecule has 1 unspecified atom stereocenters. The quantitative estimate of drug-likeness (QED) is 0.788. The number of hydrogen-bond acceptors (Lipinski definition) is 3. The van der Waals surface area contributed by atoms with Gasteiger partial charge in [0, 0.05) is 11.6 Å². The SMILES string of the molecule is CC(C)[C@H]1COC(C(=O)c2ccccc2)N1. The second-order valence-corrected chi connectivity index (χ2v) is 4.46. The molecule has 0 aliphatic carbocycles. The molecule has 1 aliphatic rings. The summed E-state index contributed by atoms with van der Waals surface area (Å²) in [6.45, 7) is 4.85. The van der Waals surface area contributed by atoms with Crippen LogP contribution in [-0.4, -0.2) is 24.7 Å². The summed E-state index contributed by atoms with van der Waals surface area (Å²) in [6, 6.07) is 9.53. The molecule has 0 radical (unpaired) electrons. The van der Waals surface area contributed by atoms with Crippen molar-refractivity contribution in [3.8, 4) is 0 Å². The Hall–Kier alpha value is -1.19. The maximum Gasteiger partial charge on any atom is 0.206 e. The van der Waals surface area contributed by atoms with E-state index >= 15 is 0 Å². The van der Waals surface area contributed by atoms with E-state index in [0.29, 0.717) is 18.1 Å². The van der Waals surface area contributed by atoms with Gasteiger partial charge in [-0.2, -0.15) is 0 Å². The molecule has 0 aromatic heterocycles. The van der Waals surface area contributed by atoms with Gasteiger partial charge in [-0.15, -0.1) is 0 Å². The first-order chi connectivity index (χ1) is 7.68. The van der Waals surface area contributed by atoms with E-state index in [1.807, 2.05) is 30.3 Å². The number of carbonyl (C=O) groups excluding carboxylic acids is 1. The van der Waals surface area contributed by atoms with Crippen LogP contribution in [0.25, 0.3) is 0 Å². The predicted octanol–water partition coefficient (Wildman–Crippen LogP) is 1.84. The second-order valence-electron chi connectivity index (χ2n) is 4.46. The van der Waals surface area contributed by atoms with Crippen LogP contribution in [0.2, 0.25) is 0 Å². The van der Waals surface area contributed by atoms with Crippen LogP contribution in [0.15, 0.2) is 30.3 Å². The maximum absolute atomic E-state index is 12.0. The Morgan fingerprint density at radius 3 is 2.62 bits per heavy atom. The highest BCUT2D eigenvalue weighted by molar-refractivity contribution is 5.99. The molecule has 2 rings (SSSR count). The van der Waals surface area contributed by atoms with Gasteiger partial charge in [0.05, 0.1) is 6.61 Å². The first-order valence-electron chi connectivity index (χ1n) is 5.65. The molecule has 1 N–H and O–H groups in total. The van der Waals surface area contributed by atoms with Gasteiger partial charge in [-0.1, -0.05) is 44.2 Å². The van der Waals surface area contributed by atoms with Gasteiger partial charge in [0.2, 0.25) is 5.78 Å². The number of carbonyl (C=O) groups is 1. The largest absolute Gasteiger partial charge is 0.354 e. The summed E-state index contributed by atoms with van der Waals surface area (Å²) in [7, 11) is 0. The number of ketones is 1. The van der Waals surface area contributed by atoms with Crippen molar-refractivity contribution in [2.75, 3.05) is 6.61 Å². The Bertz CT molecular complexity index is 361. The third-order valence-electron chi connectivity index (χ3n) is 2.91. The summed E-state index contributed by atoms with van der Waals surface area (Å²) in [6.07, 6.45) is -0.477. The normalized spacial score (nSPS) is 24.9. The van der Waals surface area contributed by atoms with E-state index in [1.165, 1.54) is 0 Å². The molecule has 1 saturated heterocycles. The van der Waals surface area contributed by atoms with Crippen molar-refractivity contribution in [2.45, 2.75) is 26.1 Å².